The van der Waals surface area contributed by atoms with E-state index in [2.05, 4.69) is 47.5 Å². The number of fused-ring (bicyclic) bond motifs is 1. The number of carbonyl (C=O) groups excluding carboxylic acids is 11. The zero-order chi connectivity index (χ0) is 61.4. The Morgan fingerprint density at radius 2 is 1.32 bits per heavy atom. The summed E-state index contributed by atoms with van der Waals surface area (Å²) in [5.74, 6) is -10.9. The maximum Gasteiger partial charge on any atom is 0.326 e. The first kappa shape index (κ1) is 68.9. The van der Waals surface area contributed by atoms with Crippen LogP contribution in [0, 0.1) is 11.8 Å². The number of H-pyrrole nitrogens is 1. The van der Waals surface area contributed by atoms with Crippen LogP contribution in [0.2, 0.25) is 0 Å². The van der Waals surface area contributed by atoms with E-state index < -0.39 is 157 Å². The van der Waals surface area contributed by atoms with Crippen molar-refractivity contribution in [2.45, 2.75) is 166 Å². The highest BCUT2D eigenvalue weighted by molar-refractivity contribution is 7.98. The number of nitrogens with one attached hydrogen (secondary N) is 9. The van der Waals surface area contributed by atoms with Gasteiger partial charge < -0.3 is 85.6 Å². The first-order valence-corrected chi connectivity index (χ1v) is 28.7. The molecule has 1 aromatic carbocycles. The number of primary amides is 2. The molecule has 1 saturated heterocycles. The molecule has 28 nitrogen and oxygen atoms in total. The van der Waals surface area contributed by atoms with Crippen molar-refractivity contribution in [2.75, 3.05) is 31.6 Å². The van der Waals surface area contributed by atoms with E-state index in [1.165, 1.54) is 18.7 Å². The van der Waals surface area contributed by atoms with Gasteiger partial charge in [-0.25, -0.2) is 4.79 Å². The number of aliphatic carboxylic acids is 1. The van der Waals surface area contributed by atoms with Gasteiger partial charge >= 0.3 is 5.97 Å². The molecule has 82 heavy (non-hydrogen) atoms. The molecule has 456 valence electrons. The lowest BCUT2D eigenvalue weighted by Crippen LogP contribution is -2.60. The summed E-state index contributed by atoms with van der Waals surface area (Å²) in [6.07, 6.45) is 1.93. The molecule has 0 radical (unpaired) electrons. The number of hydrogen-bond acceptors (Lipinski definition) is 16. The quantitative estimate of drug-likeness (QED) is 0.0298. The average molecular weight is 1170 g/mol. The number of likely N-dealkylation sites (tertiary alicyclic amines) is 1. The van der Waals surface area contributed by atoms with Gasteiger partial charge in [0.05, 0.1) is 25.1 Å². The van der Waals surface area contributed by atoms with E-state index in [0.717, 1.165) is 4.90 Å². The topological polar surface area (TPSA) is 465 Å². The van der Waals surface area contributed by atoms with Gasteiger partial charge in [0.2, 0.25) is 65.0 Å². The fraction of sp³-hybridized carbons (Fsp3) is 0.623. The van der Waals surface area contributed by atoms with Gasteiger partial charge in [-0.2, -0.15) is 11.8 Å². The zero-order valence-electron chi connectivity index (χ0n) is 47.4. The molecule has 2 aromatic rings. The van der Waals surface area contributed by atoms with Crippen molar-refractivity contribution in [1.82, 2.24) is 52.4 Å². The van der Waals surface area contributed by atoms with Crippen LogP contribution < -0.4 is 65.5 Å². The average Bonchev–Trinajstić information content (AvgIpc) is 4.23. The predicted octanol–water partition coefficient (Wildman–Crippen LogP) is -3.27. The van der Waals surface area contributed by atoms with E-state index in [-0.39, 0.29) is 57.5 Å². The number of aromatic nitrogens is 1. The maximum atomic E-state index is 14.5. The number of aliphatic hydroxyl groups is 1. The Hall–Kier alpha value is -7.37. The number of rotatable bonds is 36. The van der Waals surface area contributed by atoms with Crippen LogP contribution in [0.15, 0.2) is 30.5 Å². The summed E-state index contributed by atoms with van der Waals surface area (Å²) in [4.78, 5) is 164. The Balaban J connectivity index is 1.84. The van der Waals surface area contributed by atoms with E-state index in [9.17, 15) is 67.7 Å². The highest BCUT2D eigenvalue weighted by atomic mass is 32.2. The van der Waals surface area contributed by atoms with E-state index in [1.54, 1.807) is 64.4 Å². The summed E-state index contributed by atoms with van der Waals surface area (Å²) in [6.45, 7) is 7.56. The lowest BCUT2D eigenvalue weighted by atomic mass is 10.0. The Morgan fingerprint density at radius 1 is 0.720 bits per heavy atom. The first-order valence-electron chi connectivity index (χ1n) is 27.4. The third kappa shape index (κ3) is 22.2. The molecular formula is C53H84N14O14S. The summed E-state index contributed by atoms with van der Waals surface area (Å²) < 4.78 is 0. The van der Waals surface area contributed by atoms with Crippen molar-refractivity contribution in [2.24, 2.45) is 34.8 Å². The van der Waals surface area contributed by atoms with E-state index >= 15 is 0 Å². The van der Waals surface area contributed by atoms with Crippen molar-refractivity contribution in [3.05, 3.63) is 36.0 Å². The molecule has 10 atom stereocenters. The number of unbranched alkanes of at least 4 members (excludes halogenated alkanes) is 1. The van der Waals surface area contributed by atoms with Crippen LogP contribution in [0.3, 0.4) is 0 Å². The number of hydrogen-bond donors (Lipinski definition) is 15. The molecule has 1 aromatic heterocycles. The number of amides is 11. The molecule has 1 aliphatic heterocycles. The van der Waals surface area contributed by atoms with Gasteiger partial charge in [-0.3, -0.25) is 52.7 Å². The van der Waals surface area contributed by atoms with Crippen LogP contribution in [-0.2, 0) is 64.0 Å². The first-order chi connectivity index (χ1) is 38.7. The summed E-state index contributed by atoms with van der Waals surface area (Å²) in [5, 5.41) is 41.4. The molecule has 0 aliphatic carbocycles. The molecule has 1 aliphatic rings. The number of aliphatic hydroxyl groups excluding tert-OH is 1. The number of para-hydroxylation sites is 1. The standard InChI is InChI=1S/C53H84N14O14S/c1-27(2)22-38(53(80)81)64-50(77)39-15-11-20-67(39)52(79)44(29(5)68)65-42(71)26-59-51(78)43(28(3)4)66-48(75)34(14-9-10-19-54)61-46(73)35(16-17-40(56)69)62-49(76)37(23-30-25-58-33-13-8-7-12-31(30)33)63-47(74)36(18-21-82-6)60-45(72)32(55)24-41(57)70/h7-8,12-13,25,27-29,32,34-39,43-44,58,68H,9-11,14-24,26,54-55H2,1-6H3,(H2,56,69)(H2,57,70)(H,59,78)(H,60,72)(H,61,73)(H,62,76)(H,63,74)(H,64,77)(H,65,71)(H,66,75)(H,80,81)/t29-,32-,34-,35-,36-,37-,38-,39-,43-,44-/m0/s1. The number of thioether (sulfide) groups is 1. The highest BCUT2D eigenvalue weighted by Gasteiger charge is 2.41. The van der Waals surface area contributed by atoms with Gasteiger partial charge in [-0.1, -0.05) is 45.9 Å². The smallest absolute Gasteiger partial charge is 0.326 e. The van der Waals surface area contributed by atoms with Crippen molar-refractivity contribution in [3.8, 4) is 0 Å². The van der Waals surface area contributed by atoms with Gasteiger partial charge in [0.1, 0.15) is 48.3 Å². The Bertz CT molecular complexity index is 2560. The van der Waals surface area contributed by atoms with Crippen LogP contribution in [-0.4, -0.2) is 183 Å². The van der Waals surface area contributed by atoms with Crippen LogP contribution in [0.25, 0.3) is 10.9 Å². The molecule has 3 rings (SSSR count). The van der Waals surface area contributed by atoms with Crippen molar-refractivity contribution in [1.29, 1.82) is 0 Å². The highest BCUT2D eigenvalue weighted by Crippen LogP contribution is 2.22. The number of carbonyl (C=O) groups is 12. The molecule has 0 saturated carbocycles. The van der Waals surface area contributed by atoms with Crippen molar-refractivity contribution >= 4 is 93.6 Å². The summed E-state index contributed by atoms with van der Waals surface area (Å²) in [5.41, 5.74) is 23.6. The largest absolute Gasteiger partial charge is 0.480 e. The number of aromatic amines is 1. The Labute approximate surface area is 480 Å². The predicted molar refractivity (Wildman–Crippen MR) is 303 cm³/mol. The van der Waals surface area contributed by atoms with Crippen LogP contribution in [0.4, 0.5) is 0 Å². The molecular weight excluding hydrogens is 1090 g/mol. The van der Waals surface area contributed by atoms with Gasteiger partial charge in [0.25, 0.3) is 0 Å². The van der Waals surface area contributed by atoms with Gasteiger partial charge in [-0.05, 0) is 100 Å². The normalized spacial score (nSPS) is 16.5. The van der Waals surface area contributed by atoms with Crippen LogP contribution in [0.1, 0.15) is 104 Å². The third-order valence-corrected chi connectivity index (χ3v) is 14.2. The lowest BCUT2D eigenvalue weighted by molar-refractivity contribution is -0.146. The summed E-state index contributed by atoms with van der Waals surface area (Å²) in [6, 6.07) is -5.06. The number of carboxylic acid groups (broad SMARTS) is 1. The number of benzene rings is 1. The Morgan fingerprint density at radius 3 is 1.90 bits per heavy atom. The maximum absolute atomic E-state index is 14.5. The zero-order valence-corrected chi connectivity index (χ0v) is 48.2. The minimum atomic E-state index is -1.58. The number of nitrogens with zero attached hydrogens (tertiary/aromatic N) is 1. The molecule has 0 unspecified atom stereocenters. The second-order valence-corrected chi connectivity index (χ2v) is 22.1. The minimum absolute atomic E-state index is 0.0298. The van der Waals surface area contributed by atoms with E-state index in [1.807, 2.05) is 0 Å². The SMILES string of the molecule is CSCC[C@H](NC(=O)[C@@H](N)CC(N)=O)C(=O)N[C@@H](Cc1c[nH]c2ccccc12)C(=O)N[C@@H](CCC(N)=O)C(=O)N[C@@H](CCCCN)C(=O)N[C@H](C(=O)NCC(=O)N[C@H](C(=O)N1CCC[C@H]1C(=O)N[C@@H](CC(C)C)C(=O)O)[C@H](C)O)C(C)C. The van der Waals surface area contributed by atoms with Gasteiger partial charge in [-0.15, -0.1) is 0 Å². The molecule has 0 bridgehead atoms. The molecule has 2 heterocycles. The fourth-order valence-corrected chi connectivity index (χ4v) is 9.55. The van der Waals surface area contributed by atoms with Crippen LogP contribution in [0.5, 0.6) is 0 Å². The summed E-state index contributed by atoms with van der Waals surface area (Å²) >= 11 is 1.37. The third-order valence-electron chi connectivity index (χ3n) is 13.5. The van der Waals surface area contributed by atoms with E-state index in [4.69, 9.17) is 22.9 Å². The second-order valence-electron chi connectivity index (χ2n) is 21.1. The molecule has 11 amide bonds. The van der Waals surface area contributed by atoms with Gasteiger partial charge in [0.15, 0.2) is 0 Å². The van der Waals surface area contributed by atoms with E-state index in [0.29, 0.717) is 41.5 Å². The number of carboxylic acids is 1. The van der Waals surface area contributed by atoms with Crippen molar-refractivity contribution < 1.29 is 67.7 Å². The molecule has 0 spiro atoms. The van der Waals surface area contributed by atoms with Gasteiger partial charge in [0, 0.05) is 36.5 Å². The monoisotopic (exact) mass is 1170 g/mol. The summed E-state index contributed by atoms with van der Waals surface area (Å²) in [7, 11) is 0. The molecule has 19 N–H and O–H groups in total. The van der Waals surface area contributed by atoms with Crippen molar-refractivity contribution in [3.63, 3.8) is 0 Å². The number of nitrogens with two attached hydrogens (primary N) is 4. The molecule has 29 heteroatoms. The molecule has 1 fully saturated rings. The lowest BCUT2D eigenvalue weighted by Gasteiger charge is -2.31. The minimum Gasteiger partial charge on any atom is -0.480 e. The Kier molecular flexibility index (Phi) is 28.7. The second kappa shape index (κ2) is 34.2. The van der Waals surface area contributed by atoms with Crippen LogP contribution >= 0.6 is 11.8 Å². The fourth-order valence-electron chi connectivity index (χ4n) is 9.08.